The number of methoxy groups -OCH3 is 3. The Hall–Kier alpha value is -3.28. The largest absolute Gasteiger partial charge is 0.497 e. The van der Waals surface area contributed by atoms with Gasteiger partial charge in [0.05, 0.1) is 21.3 Å². The van der Waals surface area contributed by atoms with E-state index in [2.05, 4.69) is 5.32 Å². The summed E-state index contributed by atoms with van der Waals surface area (Å²) in [6, 6.07) is 13.2. The van der Waals surface area contributed by atoms with Crippen LogP contribution in [-0.4, -0.2) is 33.0 Å². The van der Waals surface area contributed by atoms with Gasteiger partial charge in [0.15, 0.2) is 5.78 Å². The van der Waals surface area contributed by atoms with Crippen LogP contribution in [0.1, 0.15) is 42.2 Å². The average Bonchev–Trinajstić information content (AvgIpc) is 2.77. The van der Waals surface area contributed by atoms with Crippen LogP contribution in [0.2, 0.25) is 0 Å². The fourth-order valence-electron chi connectivity index (χ4n) is 4.48. The molecule has 2 aromatic carbocycles. The Bertz CT molecular complexity index is 1030. The van der Waals surface area contributed by atoms with E-state index in [1.165, 1.54) is 0 Å². The average molecular weight is 407 g/mol. The Kier molecular flexibility index (Phi) is 5.48. The molecule has 0 aromatic heterocycles. The molecule has 6 nitrogen and oxygen atoms in total. The fraction of sp³-hybridized carbons (Fsp3) is 0.333. The molecular weight excluding hydrogens is 382 g/mol. The van der Waals surface area contributed by atoms with Gasteiger partial charge in [-0.25, -0.2) is 0 Å². The first kappa shape index (κ1) is 20.0. The summed E-state index contributed by atoms with van der Waals surface area (Å²) in [7, 11) is 4.83. The predicted molar refractivity (Wildman–Crippen MR) is 112 cm³/mol. The smallest absolute Gasteiger partial charge is 0.225 e. The van der Waals surface area contributed by atoms with Crippen molar-refractivity contribution in [3.05, 3.63) is 64.9 Å². The second kappa shape index (κ2) is 8.22. The van der Waals surface area contributed by atoms with E-state index >= 15 is 0 Å². The second-order valence-corrected chi connectivity index (χ2v) is 7.61. The summed E-state index contributed by atoms with van der Waals surface area (Å²) >= 11 is 0. The zero-order valence-electron chi connectivity index (χ0n) is 17.4. The summed E-state index contributed by atoms with van der Waals surface area (Å²) in [6.07, 6.45) is 1.18. The monoisotopic (exact) mass is 407 g/mol. The van der Waals surface area contributed by atoms with Crippen molar-refractivity contribution in [2.45, 2.75) is 31.1 Å². The molecule has 1 aliphatic heterocycles. The first-order valence-electron chi connectivity index (χ1n) is 9.96. The minimum atomic E-state index is -0.260. The van der Waals surface area contributed by atoms with E-state index in [0.29, 0.717) is 41.4 Å². The number of Topliss-reactive ketones (excluding diaryl/α,β-unsaturated/α-hetero) is 1. The summed E-state index contributed by atoms with van der Waals surface area (Å²) in [5.74, 6) is 1.76. The highest BCUT2D eigenvalue weighted by molar-refractivity contribution is 6.02. The summed E-state index contributed by atoms with van der Waals surface area (Å²) in [5.41, 5.74) is 3.25. The van der Waals surface area contributed by atoms with E-state index in [1.54, 1.807) is 21.3 Å². The van der Waals surface area contributed by atoms with Gasteiger partial charge in [-0.3, -0.25) is 9.59 Å². The van der Waals surface area contributed by atoms with E-state index in [0.717, 1.165) is 11.1 Å². The Morgan fingerprint density at radius 3 is 2.37 bits per heavy atom. The minimum Gasteiger partial charge on any atom is -0.497 e. The van der Waals surface area contributed by atoms with Gasteiger partial charge in [-0.1, -0.05) is 12.1 Å². The van der Waals surface area contributed by atoms with Crippen molar-refractivity contribution in [1.29, 1.82) is 0 Å². The quantitative estimate of drug-likeness (QED) is 0.818. The van der Waals surface area contributed by atoms with Crippen molar-refractivity contribution in [3.8, 4) is 17.2 Å². The highest BCUT2D eigenvalue weighted by Crippen LogP contribution is 2.45. The summed E-state index contributed by atoms with van der Waals surface area (Å²) in [5, 5.41) is 2.96. The first-order chi connectivity index (χ1) is 14.5. The molecule has 2 aromatic rings. The highest BCUT2D eigenvalue weighted by Gasteiger charge is 2.39. The number of hydrogen-bond donors (Lipinski definition) is 1. The van der Waals surface area contributed by atoms with Gasteiger partial charge in [0.2, 0.25) is 5.91 Å². The molecule has 2 aliphatic rings. The number of hydrogen-bond acceptors (Lipinski definition) is 5. The van der Waals surface area contributed by atoms with Crippen molar-refractivity contribution in [1.82, 2.24) is 5.32 Å². The molecule has 0 bridgehead atoms. The number of allylic oxidation sites excluding steroid dienone is 2. The van der Waals surface area contributed by atoms with Gasteiger partial charge in [0, 0.05) is 41.5 Å². The third-order valence-corrected chi connectivity index (χ3v) is 5.91. The van der Waals surface area contributed by atoms with E-state index in [9.17, 15) is 9.59 Å². The molecular formula is C24H25NO5. The zero-order chi connectivity index (χ0) is 21.3. The number of amides is 1. The molecule has 2 atom stereocenters. The molecule has 0 fully saturated rings. The van der Waals surface area contributed by atoms with Crippen LogP contribution in [0.5, 0.6) is 17.2 Å². The molecule has 4 rings (SSSR count). The molecule has 0 saturated carbocycles. The maximum Gasteiger partial charge on any atom is 0.225 e. The number of ketones is 1. The normalized spacial score (nSPS) is 21.0. The van der Waals surface area contributed by atoms with Crippen LogP contribution in [0.3, 0.4) is 0 Å². The van der Waals surface area contributed by atoms with E-state index < -0.39 is 0 Å². The van der Waals surface area contributed by atoms with E-state index in [-0.39, 0.29) is 29.9 Å². The molecule has 0 spiro atoms. The van der Waals surface area contributed by atoms with Crippen molar-refractivity contribution >= 4 is 11.7 Å². The SMILES string of the molecule is COc1cccc([C@@H]2CC(=O)NC3=C2C(=O)C[C@@H](c2cc(OC)ccc2OC)C3)c1. The number of carbonyl (C=O) groups excluding carboxylic acids is 2. The van der Waals surface area contributed by atoms with Crippen LogP contribution in [0.15, 0.2) is 53.7 Å². The third kappa shape index (κ3) is 3.65. The van der Waals surface area contributed by atoms with Gasteiger partial charge in [0.25, 0.3) is 0 Å². The maximum atomic E-state index is 13.3. The Labute approximate surface area is 175 Å². The van der Waals surface area contributed by atoms with E-state index in [1.807, 2.05) is 42.5 Å². The van der Waals surface area contributed by atoms with Gasteiger partial charge in [-0.2, -0.15) is 0 Å². The number of nitrogens with one attached hydrogen (secondary N) is 1. The van der Waals surface area contributed by atoms with Gasteiger partial charge in [-0.05, 0) is 42.3 Å². The lowest BCUT2D eigenvalue weighted by Crippen LogP contribution is -2.38. The van der Waals surface area contributed by atoms with Gasteiger partial charge >= 0.3 is 0 Å². The van der Waals surface area contributed by atoms with Crippen LogP contribution < -0.4 is 19.5 Å². The summed E-state index contributed by atoms with van der Waals surface area (Å²) in [6.45, 7) is 0. The summed E-state index contributed by atoms with van der Waals surface area (Å²) < 4.78 is 16.2. The molecule has 0 radical (unpaired) electrons. The molecule has 1 amide bonds. The van der Waals surface area contributed by atoms with Crippen LogP contribution in [0.4, 0.5) is 0 Å². The Balaban J connectivity index is 1.73. The highest BCUT2D eigenvalue weighted by atomic mass is 16.5. The number of carbonyl (C=O) groups is 2. The lowest BCUT2D eigenvalue weighted by Gasteiger charge is -2.35. The van der Waals surface area contributed by atoms with E-state index in [4.69, 9.17) is 14.2 Å². The number of rotatable bonds is 5. The second-order valence-electron chi connectivity index (χ2n) is 7.61. The molecule has 30 heavy (non-hydrogen) atoms. The van der Waals surface area contributed by atoms with Gasteiger partial charge in [-0.15, -0.1) is 0 Å². The van der Waals surface area contributed by atoms with Crippen molar-refractivity contribution in [2.75, 3.05) is 21.3 Å². The number of ether oxygens (including phenoxy) is 3. The number of benzene rings is 2. The third-order valence-electron chi connectivity index (χ3n) is 5.91. The minimum absolute atomic E-state index is 0.0546. The van der Waals surface area contributed by atoms with Gasteiger partial charge < -0.3 is 19.5 Å². The zero-order valence-corrected chi connectivity index (χ0v) is 17.4. The molecule has 0 saturated heterocycles. The topological polar surface area (TPSA) is 73.9 Å². The lowest BCUT2D eigenvalue weighted by atomic mass is 9.73. The first-order valence-corrected chi connectivity index (χ1v) is 9.96. The molecule has 1 N–H and O–H groups in total. The molecule has 156 valence electrons. The lowest BCUT2D eigenvalue weighted by molar-refractivity contribution is -0.122. The maximum absolute atomic E-state index is 13.3. The molecule has 0 unspecified atom stereocenters. The van der Waals surface area contributed by atoms with Crippen molar-refractivity contribution in [3.63, 3.8) is 0 Å². The van der Waals surface area contributed by atoms with Crippen LogP contribution >= 0.6 is 0 Å². The molecule has 1 aliphatic carbocycles. The predicted octanol–water partition coefficient (Wildman–Crippen LogP) is 3.72. The Morgan fingerprint density at radius 2 is 1.63 bits per heavy atom. The molecule has 1 heterocycles. The fourth-order valence-corrected chi connectivity index (χ4v) is 4.48. The van der Waals surface area contributed by atoms with Crippen LogP contribution in [0.25, 0.3) is 0 Å². The van der Waals surface area contributed by atoms with Gasteiger partial charge in [0.1, 0.15) is 17.2 Å². The van der Waals surface area contributed by atoms with Crippen LogP contribution in [0, 0.1) is 0 Å². The van der Waals surface area contributed by atoms with Crippen molar-refractivity contribution < 1.29 is 23.8 Å². The Morgan fingerprint density at radius 1 is 0.867 bits per heavy atom. The molecule has 6 heteroatoms. The van der Waals surface area contributed by atoms with Crippen molar-refractivity contribution in [2.24, 2.45) is 0 Å². The summed E-state index contributed by atoms with van der Waals surface area (Å²) in [4.78, 5) is 25.8. The standard InChI is InChI=1S/C24H25NO5/c1-28-16-6-4-5-14(9-16)19-13-23(27)25-20-10-15(11-21(26)24(19)20)18-12-17(29-2)7-8-22(18)30-3/h4-9,12,15,19H,10-11,13H2,1-3H3,(H,25,27)/t15-,19-/m0/s1. The van der Waals surface area contributed by atoms with Crippen LogP contribution in [-0.2, 0) is 9.59 Å².